The number of carbonyl (C=O) groups is 1. The highest BCUT2D eigenvalue weighted by atomic mass is 16.7. The number of rotatable bonds is 5. The van der Waals surface area contributed by atoms with Crippen LogP contribution >= 0.6 is 0 Å². The van der Waals surface area contributed by atoms with Crippen molar-refractivity contribution in [2.75, 3.05) is 40.1 Å². The zero-order valence-corrected chi connectivity index (χ0v) is 12.4. The molecule has 1 aliphatic heterocycles. The van der Waals surface area contributed by atoms with Crippen molar-refractivity contribution in [2.45, 2.75) is 6.42 Å². The molecule has 0 aromatic heterocycles. The molecule has 0 bridgehead atoms. The van der Waals surface area contributed by atoms with Gasteiger partial charge in [-0.25, -0.2) is 0 Å². The average molecular weight is 290 g/mol. The Morgan fingerprint density at radius 3 is 2.86 bits per heavy atom. The fraction of sp³-hybridized carbons (Fsp3) is 0.438. The van der Waals surface area contributed by atoms with Crippen LogP contribution in [-0.4, -0.2) is 50.9 Å². The molecule has 21 heavy (non-hydrogen) atoms. The third-order valence-electron chi connectivity index (χ3n) is 3.29. The summed E-state index contributed by atoms with van der Waals surface area (Å²) < 4.78 is 10.2. The summed E-state index contributed by atoms with van der Waals surface area (Å²) in [5, 5.41) is 3.29. The van der Waals surface area contributed by atoms with Gasteiger partial charge in [0.1, 0.15) is 5.75 Å². The van der Waals surface area contributed by atoms with Gasteiger partial charge in [-0.2, -0.15) is 0 Å². The van der Waals surface area contributed by atoms with Crippen molar-refractivity contribution in [2.24, 2.45) is 0 Å². The van der Waals surface area contributed by atoms with Crippen molar-refractivity contribution in [3.8, 4) is 5.75 Å². The Morgan fingerprint density at radius 2 is 2.10 bits per heavy atom. The second kappa shape index (κ2) is 8.44. The minimum atomic E-state index is 0.0680. The van der Waals surface area contributed by atoms with Crippen LogP contribution in [0.4, 0.5) is 0 Å². The summed E-state index contributed by atoms with van der Waals surface area (Å²) in [6.45, 7) is 3.67. The maximum Gasteiger partial charge on any atom is 0.246 e. The summed E-state index contributed by atoms with van der Waals surface area (Å²) >= 11 is 0. The summed E-state index contributed by atoms with van der Waals surface area (Å²) in [6, 6.07) is 7.55. The van der Waals surface area contributed by atoms with Crippen LogP contribution in [0.5, 0.6) is 5.75 Å². The molecule has 1 fully saturated rings. The molecule has 0 unspecified atom stereocenters. The van der Waals surface area contributed by atoms with Gasteiger partial charge in [-0.3, -0.25) is 4.79 Å². The van der Waals surface area contributed by atoms with E-state index in [1.165, 1.54) is 0 Å². The van der Waals surface area contributed by atoms with E-state index in [1.807, 2.05) is 35.2 Å². The van der Waals surface area contributed by atoms with Gasteiger partial charge in [0.05, 0.1) is 0 Å². The van der Waals surface area contributed by atoms with Gasteiger partial charge in [-0.1, -0.05) is 12.1 Å². The first kappa shape index (κ1) is 15.5. The van der Waals surface area contributed by atoms with Crippen LogP contribution in [0.25, 0.3) is 6.08 Å². The Morgan fingerprint density at radius 1 is 1.29 bits per heavy atom. The number of nitrogens with zero attached hydrogens (tertiary/aromatic N) is 1. The van der Waals surface area contributed by atoms with Gasteiger partial charge in [-0.15, -0.1) is 0 Å². The monoisotopic (exact) mass is 290 g/mol. The van der Waals surface area contributed by atoms with Gasteiger partial charge >= 0.3 is 0 Å². The number of methoxy groups -OCH3 is 1. The van der Waals surface area contributed by atoms with E-state index < -0.39 is 0 Å². The second-order valence-electron chi connectivity index (χ2n) is 4.88. The molecule has 0 spiro atoms. The SMILES string of the molecule is COCOc1ccc(/C=C/C(=O)N2CCCNCC2)cc1. The number of hydrogen-bond donors (Lipinski definition) is 1. The Bertz CT molecular complexity index is 463. The van der Waals surface area contributed by atoms with Crippen molar-refractivity contribution in [3.05, 3.63) is 35.9 Å². The second-order valence-corrected chi connectivity index (χ2v) is 4.88. The van der Waals surface area contributed by atoms with Crippen LogP contribution in [-0.2, 0) is 9.53 Å². The van der Waals surface area contributed by atoms with E-state index in [0.717, 1.165) is 43.9 Å². The summed E-state index contributed by atoms with van der Waals surface area (Å²) in [5.74, 6) is 0.817. The smallest absolute Gasteiger partial charge is 0.246 e. The lowest BCUT2D eigenvalue weighted by molar-refractivity contribution is -0.125. The minimum absolute atomic E-state index is 0.0680. The van der Waals surface area contributed by atoms with E-state index in [0.29, 0.717) is 0 Å². The molecule has 1 aromatic carbocycles. The highest BCUT2D eigenvalue weighted by Crippen LogP contribution is 2.13. The molecule has 1 amide bonds. The molecule has 1 heterocycles. The van der Waals surface area contributed by atoms with Crippen LogP contribution in [0.3, 0.4) is 0 Å². The third kappa shape index (κ3) is 5.21. The molecular weight excluding hydrogens is 268 g/mol. The molecule has 0 aliphatic carbocycles. The van der Waals surface area contributed by atoms with Gasteiger partial charge in [0, 0.05) is 32.8 Å². The molecular formula is C16H22N2O3. The van der Waals surface area contributed by atoms with Gasteiger partial charge < -0.3 is 19.7 Å². The average Bonchev–Trinajstić information content (AvgIpc) is 2.81. The molecule has 5 nitrogen and oxygen atoms in total. The normalized spacial score (nSPS) is 16.0. The molecule has 0 radical (unpaired) electrons. The van der Waals surface area contributed by atoms with Crippen molar-refractivity contribution < 1.29 is 14.3 Å². The number of benzene rings is 1. The van der Waals surface area contributed by atoms with Gasteiger partial charge in [0.2, 0.25) is 5.91 Å². The van der Waals surface area contributed by atoms with Crippen LogP contribution in [0.1, 0.15) is 12.0 Å². The summed E-state index contributed by atoms with van der Waals surface area (Å²) in [4.78, 5) is 14.0. The Labute approximate surface area is 125 Å². The van der Waals surface area contributed by atoms with Crippen LogP contribution in [0.2, 0.25) is 0 Å². The minimum Gasteiger partial charge on any atom is -0.468 e. The third-order valence-corrected chi connectivity index (χ3v) is 3.29. The van der Waals surface area contributed by atoms with E-state index in [4.69, 9.17) is 9.47 Å². The molecule has 1 N–H and O–H groups in total. The van der Waals surface area contributed by atoms with E-state index in [9.17, 15) is 4.79 Å². The number of ether oxygens (including phenoxy) is 2. The van der Waals surface area contributed by atoms with E-state index in [2.05, 4.69) is 5.32 Å². The topological polar surface area (TPSA) is 50.8 Å². The molecule has 1 aromatic rings. The number of amides is 1. The van der Waals surface area contributed by atoms with Crippen LogP contribution in [0, 0.1) is 0 Å². The first-order valence-corrected chi connectivity index (χ1v) is 7.19. The summed E-state index contributed by atoms with van der Waals surface area (Å²) in [6.07, 6.45) is 4.47. The predicted octanol–water partition coefficient (Wildman–Crippen LogP) is 1.50. The first-order chi connectivity index (χ1) is 10.3. The van der Waals surface area contributed by atoms with Gasteiger partial charge in [-0.05, 0) is 36.7 Å². The highest BCUT2D eigenvalue weighted by molar-refractivity contribution is 5.91. The Hall–Kier alpha value is -1.85. The predicted molar refractivity (Wildman–Crippen MR) is 82.0 cm³/mol. The summed E-state index contributed by atoms with van der Waals surface area (Å²) in [5.41, 5.74) is 0.973. The molecule has 2 rings (SSSR count). The molecule has 5 heteroatoms. The molecule has 1 aliphatic rings. The maximum absolute atomic E-state index is 12.1. The van der Waals surface area contributed by atoms with Gasteiger partial charge in [0.25, 0.3) is 0 Å². The lowest BCUT2D eigenvalue weighted by atomic mass is 10.2. The maximum atomic E-state index is 12.1. The fourth-order valence-corrected chi connectivity index (χ4v) is 2.14. The molecule has 0 saturated carbocycles. The van der Waals surface area contributed by atoms with E-state index in [-0.39, 0.29) is 12.7 Å². The summed E-state index contributed by atoms with van der Waals surface area (Å²) in [7, 11) is 1.58. The zero-order chi connectivity index (χ0) is 14.9. The molecule has 0 atom stereocenters. The zero-order valence-electron chi connectivity index (χ0n) is 12.4. The molecule has 114 valence electrons. The van der Waals surface area contributed by atoms with Crippen molar-refractivity contribution >= 4 is 12.0 Å². The van der Waals surface area contributed by atoms with Crippen LogP contribution < -0.4 is 10.1 Å². The standard InChI is InChI=1S/C16H22N2O3/c1-20-13-21-15-6-3-14(4-7-15)5-8-16(19)18-11-2-9-17-10-12-18/h3-8,17H,2,9-13H2,1H3/b8-5+. The van der Waals surface area contributed by atoms with E-state index in [1.54, 1.807) is 13.2 Å². The first-order valence-electron chi connectivity index (χ1n) is 7.19. The van der Waals surface area contributed by atoms with Gasteiger partial charge in [0.15, 0.2) is 6.79 Å². The molecule has 1 saturated heterocycles. The Kier molecular flexibility index (Phi) is 6.24. The van der Waals surface area contributed by atoms with Crippen molar-refractivity contribution in [1.29, 1.82) is 0 Å². The number of nitrogens with one attached hydrogen (secondary N) is 1. The quantitative estimate of drug-likeness (QED) is 0.659. The lowest BCUT2D eigenvalue weighted by Gasteiger charge is -2.17. The fourth-order valence-electron chi connectivity index (χ4n) is 2.14. The number of hydrogen-bond acceptors (Lipinski definition) is 4. The largest absolute Gasteiger partial charge is 0.468 e. The van der Waals surface area contributed by atoms with E-state index >= 15 is 0 Å². The number of carbonyl (C=O) groups excluding carboxylic acids is 1. The lowest BCUT2D eigenvalue weighted by Crippen LogP contribution is -2.32. The van der Waals surface area contributed by atoms with Crippen molar-refractivity contribution in [3.63, 3.8) is 0 Å². The van der Waals surface area contributed by atoms with Crippen molar-refractivity contribution in [1.82, 2.24) is 10.2 Å². The Balaban J connectivity index is 1.88. The van der Waals surface area contributed by atoms with Crippen LogP contribution in [0.15, 0.2) is 30.3 Å². The highest BCUT2D eigenvalue weighted by Gasteiger charge is 2.12.